The molecular weight excluding hydrogens is 402 g/mol. The maximum Gasteiger partial charge on any atom is 0.255 e. The van der Waals surface area contributed by atoms with E-state index in [9.17, 15) is 9.59 Å². The summed E-state index contributed by atoms with van der Waals surface area (Å²) in [5, 5.41) is 5.67. The van der Waals surface area contributed by atoms with Crippen LogP contribution >= 0.6 is 0 Å². The van der Waals surface area contributed by atoms with Crippen molar-refractivity contribution in [2.45, 2.75) is 0 Å². The molecule has 2 amide bonds. The van der Waals surface area contributed by atoms with Crippen molar-refractivity contribution < 1.29 is 28.5 Å². The lowest BCUT2D eigenvalue weighted by Gasteiger charge is -2.26. The molecule has 3 rings (SSSR count). The Morgan fingerprint density at radius 3 is 2.03 bits per heavy atom. The molecule has 1 saturated heterocycles. The van der Waals surface area contributed by atoms with Crippen molar-refractivity contribution in [1.82, 2.24) is 4.90 Å². The second-order valence-corrected chi connectivity index (χ2v) is 6.87. The maximum atomic E-state index is 12.6. The summed E-state index contributed by atoms with van der Waals surface area (Å²) < 4.78 is 21.3. The molecule has 0 bridgehead atoms. The van der Waals surface area contributed by atoms with Gasteiger partial charge < -0.3 is 29.6 Å². The lowest BCUT2D eigenvalue weighted by molar-refractivity contribution is -0.118. The SMILES string of the molecule is COc1ccc(C(=O)Nc2cc(OC)c(NC(=O)CN3CCOCC3)cc2OC)cc1. The normalized spacial score (nSPS) is 13.9. The van der Waals surface area contributed by atoms with Crippen molar-refractivity contribution in [3.63, 3.8) is 0 Å². The minimum absolute atomic E-state index is 0.169. The lowest BCUT2D eigenvalue weighted by atomic mass is 10.2. The molecule has 1 heterocycles. The van der Waals surface area contributed by atoms with Crippen LogP contribution in [-0.4, -0.2) is 70.9 Å². The molecule has 1 aliphatic rings. The summed E-state index contributed by atoms with van der Waals surface area (Å²) in [7, 11) is 4.55. The van der Waals surface area contributed by atoms with Gasteiger partial charge in [-0.1, -0.05) is 0 Å². The van der Waals surface area contributed by atoms with Crippen LogP contribution in [0, 0.1) is 0 Å². The second-order valence-electron chi connectivity index (χ2n) is 6.87. The first kappa shape index (κ1) is 22.4. The van der Waals surface area contributed by atoms with Gasteiger partial charge in [-0.15, -0.1) is 0 Å². The standard InChI is InChI=1S/C22H27N3O6/c1-28-16-6-4-15(5-7-16)22(27)24-18-13-19(29-2)17(12-20(18)30-3)23-21(26)14-25-8-10-31-11-9-25/h4-7,12-13H,8-11,14H2,1-3H3,(H,23,26)(H,24,27). The molecule has 0 spiro atoms. The van der Waals surface area contributed by atoms with Crippen molar-refractivity contribution in [2.75, 3.05) is 64.8 Å². The lowest BCUT2D eigenvalue weighted by Crippen LogP contribution is -2.41. The van der Waals surface area contributed by atoms with Gasteiger partial charge in [0, 0.05) is 30.8 Å². The number of ether oxygens (including phenoxy) is 4. The van der Waals surface area contributed by atoms with E-state index in [1.54, 1.807) is 43.5 Å². The Balaban J connectivity index is 1.74. The van der Waals surface area contributed by atoms with E-state index in [-0.39, 0.29) is 18.4 Å². The van der Waals surface area contributed by atoms with E-state index in [4.69, 9.17) is 18.9 Å². The third-order valence-electron chi connectivity index (χ3n) is 4.87. The largest absolute Gasteiger partial charge is 0.497 e. The molecule has 0 atom stereocenters. The fourth-order valence-corrected chi connectivity index (χ4v) is 3.18. The average molecular weight is 429 g/mol. The molecule has 9 heteroatoms. The van der Waals surface area contributed by atoms with Gasteiger partial charge in [-0.25, -0.2) is 0 Å². The number of hydrogen-bond acceptors (Lipinski definition) is 7. The van der Waals surface area contributed by atoms with Gasteiger partial charge in [0.2, 0.25) is 5.91 Å². The van der Waals surface area contributed by atoms with Gasteiger partial charge >= 0.3 is 0 Å². The zero-order valence-electron chi connectivity index (χ0n) is 17.9. The Bertz CT molecular complexity index is 910. The number of benzene rings is 2. The minimum atomic E-state index is -0.313. The first-order valence-corrected chi connectivity index (χ1v) is 9.85. The van der Waals surface area contributed by atoms with Gasteiger partial charge in [0.05, 0.1) is 52.5 Å². The van der Waals surface area contributed by atoms with E-state index < -0.39 is 0 Å². The minimum Gasteiger partial charge on any atom is -0.497 e. The van der Waals surface area contributed by atoms with Crippen LogP contribution in [0.3, 0.4) is 0 Å². The zero-order chi connectivity index (χ0) is 22.2. The summed E-state index contributed by atoms with van der Waals surface area (Å²) >= 11 is 0. The molecule has 0 aliphatic carbocycles. The highest BCUT2D eigenvalue weighted by molar-refractivity contribution is 6.05. The van der Waals surface area contributed by atoms with Crippen molar-refractivity contribution in [1.29, 1.82) is 0 Å². The molecule has 2 aromatic carbocycles. The van der Waals surface area contributed by atoms with Crippen LogP contribution < -0.4 is 24.8 Å². The van der Waals surface area contributed by atoms with Crippen molar-refractivity contribution >= 4 is 23.2 Å². The quantitative estimate of drug-likeness (QED) is 0.664. The fourth-order valence-electron chi connectivity index (χ4n) is 3.18. The Kier molecular flexibility index (Phi) is 7.69. The summed E-state index contributed by atoms with van der Waals surface area (Å²) in [5.74, 6) is 0.975. The van der Waals surface area contributed by atoms with E-state index in [1.807, 2.05) is 4.90 Å². The smallest absolute Gasteiger partial charge is 0.255 e. The highest BCUT2D eigenvalue weighted by Gasteiger charge is 2.18. The van der Waals surface area contributed by atoms with E-state index in [0.29, 0.717) is 60.5 Å². The summed E-state index contributed by atoms with van der Waals surface area (Å²) in [6.45, 7) is 2.92. The van der Waals surface area contributed by atoms with Crippen LogP contribution in [0.25, 0.3) is 0 Å². The highest BCUT2D eigenvalue weighted by atomic mass is 16.5. The molecule has 166 valence electrons. The molecule has 1 fully saturated rings. The third kappa shape index (κ3) is 5.87. The van der Waals surface area contributed by atoms with Crippen LogP contribution in [0.2, 0.25) is 0 Å². The monoisotopic (exact) mass is 429 g/mol. The number of carbonyl (C=O) groups is 2. The Morgan fingerprint density at radius 1 is 0.903 bits per heavy atom. The maximum absolute atomic E-state index is 12.6. The number of rotatable bonds is 8. The average Bonchev–Trinajstić information content (AvgIpc) is 2.80. The van der Waals surface area contributed by atoms with Crippen LogP contribution in [0.1, 0.15) is 10.4 Å². The van der Waals surface area contributed by atoms with Gasteiger partial charge in [-0.05, 0) is 24.3 Å². The first-order valence-electron chi connectivity index (χ1n) is 9.85. The number of carbonyl (C=O) groups excluding carboxylic acids is 2. The predicted octanol–water partition coefficient (Wildman–Crippen LogP) is 2.24. The van der Waals surface area contributed by atoms with Crippen LogP contribution in [-0.2, 0) is 9.53 Å². The summed E-state index contributed by atoms with van der Waals surface area (Å²) in [4.78, 5) is 27.1. The molecule has 0 radical (unpaired) electrons. The van der Waals surface area contributed by atoms with Gasteiger partial charge in [0.15, 0.2) is 0 Å². The molecular formula is C22H27N3O6. The van der Waals surface area contributed by atoms with Crippen molar-refractivity contribution in [3.8, 4) is 17.2 Å². The van der Waals surface area contributed by atoms with Gasteiger partial charge in [-0.3, -0.25) is 14.5 Å². The van der Waals surface area contributed by atoms with Gasteiger partial charge in [-0.2, -0.15) is 0 Å². The number of methoxy groups -OCH3 is 3. The molecule has 0 aromatic heterocycles. The molecule has 0 saturated carbocycles. The Hall–Kier alpha value is -3.30. The van der Waals surface area contributed by atoms with E-state index in [2.05, 4.69) is 10.6 Å². The van der Waals surface area contributed by atoms with Crippen LogP contribution in [0.5, 0.6) is 17.2 Å². The summed E-state index contributed by atoms with van der Waals surface area (Å²) in [5.41, 5.74) is 1.34. The van der Waals surface area contributed by atoms with E-state index >= 15 is 0 Å². The number of nitrogens with one attached hydrogen (secondary N) is 2. The number of hydrogen-bond donors (Lipinski definition) is 2. The van der Waals surface area contributed by atoms with Gasteiger partial charge in [0.25, 0.3) is 5.91 Å². The van der Waals surface area contributed by atoms with Crippen LogP contribution in [0.4, 0.5) is 11.4 Å². The van der Waals surface area contributed by atoms with Crippen LogP contribution in [0.15, 0.2) is 36.4 Å². The van der Waals surface area contributed by atoms with Crippen molar-refractivity contribution in [3.05, 3.63) is 42.0 Å². The highest BCUT2D eigenvalue weighted by Crippen LogP contribution is 2.36. The molecule has 31 heavy (non-hydrogen) atoms. The zero-order valence-corrected chi connectivity index (χ0v) is 17.9. The fraction of sp³-hybridized carbons (Fsp3) is 0.364. The summed E-state index contributed by atoms with van der Waals surface area (Å²) in [6, 6.07) is 9.99. The number of nitrogens with zero attached hydrogens (tertiary/aromatic N) is 1. The molecule has 2 aromatic rings. The molecule has 1 aliphatic heterocycles. The van der Waals surface area contributed by atoms with Crippen molar-refractivity contribution in [2.24, 2.45) is 0 Å². The van der Waals surface area contributed by atoms with E-state index in [1.165, 1.54) is 14.2 Å². The number of anilines is 2. The van der Waals surface area contributed by atoms with Gasteiger partial charge in [0.1, 0.15) is 17.2 Å². The topological polar surface area (TPSA) is 98.4 Å². The Morgan fingerprint density at radius 2 is 1.48 bits per heavy atom. The summed E-state index contributed by atoms with van der Waals surface area (Å²) in [6.07, 6.45) is 0. The molecule has 0 unspecified atom stereocenters. The first-order chi connectivity index (χ1) is 15.0. The number of morpholine rings is 1. The molecule has 2 N–H and O–H groups in total. The second kappa shape index (κ2) is 10.6. The predicted molar refractivity (Wildman–Crippen MR) is 116 cm³/mol. The Labute approximate surface area is 181 Å². The van der Waals surface area contributed by atoms with E-state index in [0.717, 1.165) is 0 Å². The number of amides is 2. The molecule has 9 nitrogen and oxygen atoms in total. The third-order valence-corrected chi connectivity index (χ3v) is 4.87.